The summed E-state index contributed by atoms with van der Waals surface area (Å²) in [5, 5.41) is 6.46. The number of furan rings is 1. The number of nitrogens with one attached hydrogen (secondary N) is 2. The van der Waals surface area contributed by atoms with Gasteiger partial charge in [-0.2, -0.15) is 0 Å². The molecule has 0 saturated carbocycles. The Morgan fingerprint density at radius 3 is 2.70 bits per heavy atom. The SMILES string of the molecule is Cc1ccc(CNC(=O)c2cccc(-n3ccnc3SCC(=O)Nc3ccccc3C)c2)o1. The number of imidazole rings is 1. The van der Waals surface area contributed by atoms with Crippen LogP contribution in [0.3, 0.4) is 0 Å². The lowest BCUT2D eigenvalue weighted by Gasteiger charge is -2.10. The van der Waals surface area contributed by atoms with Gasteiger partial charge in [0.15, 0.2) is 5.16 Å². The number of thioether (sulfide) groups is 1. The second kappa shape index (κ2) is 10.2. The normalized spacial score (nSPS) is 10.7. The van der Waals surface area contributed by atoms with E-state index in [1.54, 1.807) is 18.3 Å². The van der Waals surface area contributed by atoms with Crippen molar-refractivity contribution in [3.63, 3.8) is 0 Å². The van der Waals surface area contributed by atoms with Crippen LogP contribution in [0.15, 0.2) is 82.6 Å². The highest BCUT2D eigenvalue weighted by atomic mass is 32.2. The van der Waals surface area contributed by atoms with Crippen molar-refractivity contribution in [3.8, 4) is 5.69 Å². The highest BCUT2D eigenvalue weighted by Crippen LogP contribution is 2.22. The number of carbonyl (C=O) groups excluding carboxylic acids is 2. The minimum Gasteiger partial charge on any atom is -0.465 e. The molecule has 2 heterocycles. The van der Waals surface area contributed by atoms with Crippen molar-refractivity contribution in [2.24, 2.45) is 0 Å². The maximum Gasteiger partial charge on any atom is 0.251 e. The van der Waals surface area contributed by atoms with E-state index in [-0.39, 0.29) is 17.6 Å². The van der Waals surface area contributed by atoms with E-state index in [2.05, 4.69) is 15.6 Å². The van der Waals surface area contributed by atoms with Crippen molar-refractivity contribution >= 4 is 29.3 Å². The molecule has 0 atom stereocenters. The largest absolute Gasteiger partial charge is 0.465 e. The van der Waals surface area contributed by atoms with Crippen molar-refractivity contribution in [3.05, 3.63) is 95.7 Å². The minimum atomic E-state index is -0.196. The van der Waals surface area contributed by atoms with Crippen LogP contribution in [0.4, 0.5) is 5.69 Å². The van der Waals surface area contributed by atoms with Gasteiger partial charge in [0.1, 0.15) is 11.5 Å². The minimum absolute atomic E-state index is 0.106. The Labute approximate surface area is 196 Å². The van der Waals surface area contributed by atoms with Crippen LogP contribution in [0.2, 0.25) is 0 Å². The number of nitrogens with zero attached hydrogens (tertiary/aromatic N) is 2. The third kappa shape index (κ3) is 5.72. The fourth-order valence-corrected chi connectivity index (χ4v) is 4.04. The van der Waals surface area contributed by atoms with Gasteiger partial charge in [0.25, 0.3) is 5.91 Å². The molecule has 2 amide bonds. The average Bonchev–Trinajstić information content (AvgIpc) is 3.46. The number of hydrogen-bond acceptors (Lipinski definition) is 5. The average molecular weight is 461 g/mol. The van der Waals surface area contributed by atoms with Gasteiger partial charge in [0, 0.05) is 29.3 Å². The Bertz CT molecular complexity index is 1280. The summed E-state index contributed by atoms with van der Waals surface area (Å²) >= 11 is 1.33. The molecule has 0 bridgehead atoms. The number of aromatic nitrogens is 2. The number of carbonyl (C=O) groups is 2. The van der Waals surface area contributed by atoms with Gasteiger partial charge in [-0.25, -0.2) is 4.98 Å². The second-order valence-corrected chi connectivity index (χ2v) is 8.42. The van der Waals surface area contributed by atoms with Gasteiger partial charge in [0.2, 0.25) is 5.91 Å². The zero-order valence-electron chi connectivity index (χ0n) is 18.4. The quantitative estimate of drug-likeness (QED) is 0.371. The topological polar surface area (TPSA) is 89.2 Å². The monoisotopic (exact) mass is 460 g/mol. The second-order valence-electron chi connectivity index (χ2n) is 7.48. The zero-order chi connectivity index (χ0) is 23.2. The van der Waals surface area contributed by atoms with E-state index in [9.17, 15) is 9.59 Å². The summed E-state index contributed by atoms with van der Waals surface area (Å²) in [6.45, 7) is 4.13. The van der Waals surface area contributed by atoms with E-state index < -0.39 is 0 Å². The summed E-state index contributed by atoms with van der Waals surface area (Å²) in [4.78, 5) is 29.4. The van der Waals surface area contributed by atoms with E-state index in [0.717, 1.165) is 22.7 Å². The number of aryl methyl sites for hydroxylation is 2. The van der Waals surface area contributed by atoms with E-state index in [0.29, 0.717) is 23.0 Å². The first-order chi connectivity index (χ1) is 16.0. The molecule has 4 rings (SSSR count). The molecule has 0 aliphatic heterocycles. The van der Waals surface area contributed by atoms with Crippen LogP contribution in [-0.4, -0.2) is 27.1 Å². The smallest absolute Gasteiger partial charge is 0.251 e. The van der Waals surface area contributed by atoms with Crippen LogP contribution >= 0.6 is 11.8 Å². The summed E-state index contributed by atoms with van der Waals surface area (Å²) in [5.41, 5.74) is 3.12. The summed E-state index contributed by atoms with van der Waals surface area (Å²) < 4.78 is 7.36. The van der Waals surface area contributed by atoms with E-state index in [1.807, 2.05) is 73.1 Å². The van der Waals surface area contributed by atoms with Crippen LogP contribution in [0, 0.1) is 13.8 Å². The van der Waals surface area contributed by atoms with Gasteiger partial charge in [-0.3, -0.25) is 14.2 Å². The predicted octanol–water partition coefficient (Wildman–Crippen LogP) is 4.74. The maximum absolute atomic E-state index is 12.6. The molecule has 0 saturated heterocycles. The molecule has 0 unspecified atom stereocenters. The molecule has 4 aromatic rings. The number of hydrogen-bond donors (Lipinski definition) is 2. The third-order valence-corrected chi connectivity index (χ3v) is 5.93. The van der Waals surface area contributed by atoms with Crippen molar-refractivity contribution < 1.29 is 14.0 Å². The fourth-order valence-electron chi connectivity index (χ4n) is 3.27. The van der Waals surface area contributed by atoms with Crippen molar-refractivity contribution in [1.82, 2.24) is 14.9 Å². The first kappa shape index (κ1) is 22.4. The molecule has 168 valence electrons. The van der Waals surface area contributed by atoms with E-state index in [4.69, 9.17) is 4.42 Å². The maximum atomic E-state index is 12.6. The van der Waals surface area contributed by atoms with Crippen LogP contribution in [0.5, 0.6) is 0 Å². The molecule has 0 spiro atoms. The summed E-state index contributed by atoms with van der Waals surface area (Å²) in [7, 11) is 0. The lowest BCUT2D eigenvalue weighted by Crippen LogP contribution is -2.22. The molecule has 7 nitrogen and oxygen atoms in total. The highest BCUT2D eigenvalue weighted by Gasteiger charge is 2.12. The molecule has 0 aliphatic carbocycles. The van der Waals surface area contributed by atoms with Crippen LogP contribution in [-0.2, 0) is 11.3 Å². The Kier molecular flexibility index (Phi) is 6.95. The van der Waals surface area contributed by atoms with Crippen LogP contribution < -0.4 is 10.6 Å². The Morgan fingerprint density at radius 1 is 1.06 bits per heavy atom. The third-order valence-electron chi connectivity index (χ3n) is 4.96. The van der Waals surface area contributed by atoms with Crippen molar-refractivity contribution in [2.45, 2.75) is 25.5 Å². The molecule has 0 radical (unpaired) electrons. The summed E-state index contributed by atoms with van der Waals surface area (Å²) in [6.07, 6.45) is 3.48. The van der Waals surface area contributed by atoms with Crippen LogP contribution in [0.1, 0.15) is 27.4 Å². The number of para-hydroxylation sites is 1. The highest BCUT2D eigenvalue weighted by molar-refractivity contribution is 7.99. The molecule has 8 heteroatoms. The van der Waals surface area contributed by atoms with E-state index >= 15 is 0 Å². The fraction of sp³-hybridized carbons (Fsp3) is 0.160. The van der Waals surface area contributed by atoms with Gasteiger partial charge in [-0.1, -0.05) is 36.0 Å². The van der Waals surface area contributed by atoms with Gasteiger partial charge < -0.3 is 15.1 Å². The molecular weight excluding hydrogens is 436 g/mol. The van der Waals surface area contributed by atoms with E-state index in [1.165, 1.54) is 11.8 Å². The number of benzene rings is 2. The molecule has 0 fully saturated rings. The molecule has 2 aromatic carbocycles. The number of amides is 2. The van der Waals surface area contributed by atoms with Gasteiger partial charge in [-0.15, -0.1) is 0 Å². The van der Waals surface area contributed by atoms with Crippen LogP contribution in [0.25, 0.3) is 5.69 Å². The first-order valence-corrected chi connectivity index (χ1v) is 11.4. The van der Waals surface area contributed by atoms with Crippen molar-refractivity contribution in [2.75, 3.05) is 11.1 Å². The molecule has 0 aliphatic rings. The number of anilines is 1. The standard InChI is InChI=1S/C25H24N4O3S/c1-17-6-3-4-9-22(17)28-23(30)16-33-25-26-12-13-29(25)20-8-5-7-19(14-20)24(31)27-15-21-11-10-18(2)32-21/h3-14H,15-16H2,1-2H3,(H,27,31)(H,28,30). The lowest BCUT2D eigenvalue weighted by atomic mass is 10.2. The predicted molar refractivity (Wildman–Crippen MR) is 129 cm³/mol. The Balaban J connectivity index is 1.40. The summed E-state index contributed by atoms with van der Waals surface area (Å²) in [6, 6.07) is 18.6. The molecular formula is C25H24N4O3S. The van der Waals surface area contributed by atoms with Gasteiger partial charge >= 0.3 is 0 Å². The Morgan fingerprint density at radius 2 is 1.91 bits per heavy atom. The lowest BCUT2D eigenvalue weighted by molar-refractivity contribution is -0.113. The first-order valence-electron chi connectivity index (χ1n) is 10.4. The zero-order valence-corrected chi connectivity index (χ0v) is 19.2. The van der Waals surface area contributed by atoms with Crippen molar-refractivity contribution in [1.29, 1.82) is 0 Å². The number of rotatable bonds is 8. The molecule has 2 N–H and O–H groups in total. The molecule has 33 heavy (non-hydrogen) atoms. The van der Waals surface area contributed by atoms with Gasteiger partial charge in [0.05, 0.1) is 12.3 Å². The Hall–Kier alpha value is -3.78. The molecule has 2 aromatic heterocycles. The van der Waals surface area contributed by atoms with Gasteiger partial charge in [-0.05, 0) is 55.8 Å². The summed E-state index contributed by atoms with van der Waals surface area (Å²) in [5.74, 6) is 1.42.